The number of carbonyl (C=O) groups excluding carboxylic acids is 1. The fraction of sp³-hybridized carbons (Fsp3) is 0.889. The third-order valence-corrected chi connectivity index (χ3v) is 6.58. The number of aliphatic carboxylic acids is 1. The molecule has 2 aliphatic rings. The lowest BCUT2D eigenvalue weighted by molar-refractivity contribution is -0.174. The van der Waals surface area contributed by atoms with Crippen LogP contribution in [0.2, 0.25) is 0 Å². The number of ether oxygens (including phenoxy) is 1. The molecule has 0 aromatic heterocycles. The minimum absolute atomic E-state index is 0.0105. The highest BCUT2D eigenvalue weighted by molar-refractivity contribution is 5.80. The monoisotopic (exact) mass is 325 g/mol. The molecule has 1 N–H and O–H groups in total. The molecule has 23 heavy (non-hydrogen) atoms. The molecule has 0 bridgehead atoms. The van der Waals surface area contributed by atoms with Gasteiger partial charge in [0.05, 0.1) is 12.0 Å². The molecule has 2 fully saturated rings. The highest BCUT2D eigenvalue weighted by Crippen LogP contribution is 2.51. The maximum atomic E-state index is 12.9. The molecular formula is C18H31NO4. The Morgan fingerprint density at radius 2 is 1.65 bits per heavy atom. The van der Waals surface area contributed by atoms with E-state index >= 15 is 0 Å². The van der Waals surface area contributed by atoms with Crippen LogP contribution in [0.15, 0.2) is 0 Å². The van der Waals surface area contributed by atoms with Gasteiger partial charge in [0.15, 0.2) is 0 Å². The molecule has 5 nitrogen and oxygen atoms in total. The number of carboxylic acids is 1. The molecule has 0 saturated heterocycles. The first-order valence-electron chi connectivity index (χ1n) is 8.93. The number of hydrogen-bond acceptors (Lipinski definition) is 3. The van der Waals surface area contributed by atoms with Crippen molar-refractivity contribution < 1.29 is 19.4 Å². The van der Waals surface area contributed by atoms with E-state index in [4.69, 9.17) is 9.84 Å². The first-order chi connectivity index (χ1) is 10.9. The molecule has 0 radical (unpaired) electrons. The zero-order valence-corrected chi connectivity index (χ0v) is 14.9. The van der Waals surface area contributed by atoms with Gasteiger partial charge in [-0.2, -0.15) is 0 Å². The summed E-state index contributed by atoms with van der Waals surface area (Å²) in [5.41, 5.74) is 0.0669. The molecule has 2 aliphatic carbocycles. The van der Waals surface area contributed by atoms with E-state index in [1.54, 1.807) is 7.11 Å². The van der Waals surface area contributed by atoms with Gasteiger partial charge in [0.2, 0.25) is 5.91 Å². The summed E-state index contributed by atoms with van der Waals surface area (Å²) in [6.45, 7) is 4.36. The van der Waals surface area contributed by atoms with Crippen LogP contribution >= 0.6 is 0 Å². The van der Waals surface area contributed by atoms with E-state index in [0.717, 1.165) is 19.3 Å². The number of methoxy groups -OCH3 is 1. The van der Waals surface area contributed by atoms with Gasteiger partial charge in [-0.3, -0.25) is 9.59 Å². The molecule has 132 valence electrons. The Balaban J connectivity index is 1.99. The molecule has 2 saturated carbocycles. The van der Waals surface area contributed by atoms with Crippen molar-refractivity contribution in [2.75, 3.05) is 14.2 Å². The summed E-state index contributed by atoms with van der Waals surface area (Å²) in [4.78, 5) is 25.9. The van der Waals surface area contributed by atoms with E-state index in [1.807, 2.05) is 11.9 Å². The quantitative estimate of drug-likeness (QED) is 0.815. The lowest BCUT2D eigenvalue weighted by Crippen LogP contribution is -2.65. The van der Waals surface area contributed by atoms with E-state index in [2.05, 4.69) is 13.8 Å². The van der Waals surface area contributed by atoms with E-state index in [1.165, 1.54) is 0 Å². The van der Waals surface area contributed by atoms with Gasteiger partial charge in [-0.25, -0.2) is 0 Å². The lowest BCUT2D eigenvalue weighted by Gasteiger charge is -2.58. The fourth-order valence-corrected chi connectivity index (χ4v) is 4.81. The van der Waals surface area contributed by atoms with Gasteiger partial charge in [-0.15, -0.1) is 0 Å². The molecule has 0 aromatic rings. The Morgan fingerprint density at radius 3 is 2.09 bits per heavy atom. The standard InChI is InChI=1S/C18H31NO4/c1-5-18(6-2)14(11-15(18)23-4)19(3)16(20)12-7-9-13(10-8-12)17(21)22/h12-15H,5-11H2,1-4H3,(H,21,22). The van der Waals surface area contributed by atoms with E-state index in [9.17, 15) is 9.59 Å². The van der Waals surface area contributed by atoms with Crippen LogP contribution in [0.5, 0.6) is 0 Å². The van der Waals surface area contributed by atoms with Crippen molar-refractivity contribution >= 4 is 11.9 Å². The lowest BCUT2D eigenvalue weighted by atomic mass is 9.58. The van der Waals surface area contributed by atoms with Crippen molar-refractivity contribution in [3.63, 3.8) is 0 Å². The minimum atomic E-state index is -0.720. The number of carbonyl (C=O) groups is 2. The third-order valence-electron chi connectivity index (χ3n) is 6.58. The summed E-state index contributed by atoms with van der Waals surface area (Å²) in [5.74, 6) is -0.804. The number of amides is 1. The second-order valence-corrected chi connectivity index (χ2v) is 7.25. The fourth-order valence-electron chi connectivity index (χ4n) is 4.81. The molecule has 0 spiro atoms. The molecule has 5 heteroatoms. The van der Waals surface area contributed by atoms with E-state index in [-0.39, 0.29) is 35.3 Å². The van der Waals surface area contributed by atoms with Crippen molar-refractivity contribution in [2.24, 2.45) is 17.3 Å². The summed E-state index contributed by atoms with van der Waals surface area (Å²) in [5, 5.41) is 9.09. The van der Waals surface area contributed by atoms with Crippen LogP contribution in [0.3, 0.4) is 0 Å². The summed E-state index contributed by atoms with van der Waals surface area (Å²) >= 11 is 0. The SMILES string of the molecule is CCC1(CC)C(OC)CC1N(C)C(=O)C1CCC(C(=O)O)CC1. The number of carboxylic acid groups (broad SMARTS) is 1. The number of nitrogens with zero attached hydrogens (tertiary/aromatic N) is 1. The van der Waals surface area contributed by atoms with Crippen molar-refractivity contribution in [2.45, 2.75) is 70.9 Å². The van der Waals surface area contributed by atoms with Gasteiger partial charge in [0, 0.05) is 31.5 Å². The van der Waals surface area contributed by atoms with Gasteiger partial charge in [0.1, 0.15) is 0 Å². The number of rotatable bonds is 6. The average Bonchev–Trinajstić information content (AvgIpc) is 2.55. The van der Waals surface area contributed by atoms with Crippen LogP contribution in [-0.2, 0) is 14.3 Å². The molecular weight excluding hydrogens is 294 g/mol. The maximum absolute atomic E-state index is 12.9. The Labute approximate surface area is 139 Å². The molecule has 2 unspecified atom stereocenters. The smallest absolute Gasteiger partial charge is 0.306 e. The van der Waals surface area contributed by atoms with Crippen LogP contribution in [0.4, 0.5) is 0 Å². The van der Waals surface area contributed by atoms with Crippen LogP contribution in [0.25, 0.3) is 0 Å². The highest BCUT2D eigenvalue weighted by Gasteiger charge is 2.55. The van der Waals surface area contributed by atoms with Crippen LogP contribution in [0, 0.1) is 17.3 Å². The second kappa shape index (κ2) is 7.20. The second-order valence-electron chi connectivity index (χ2n) is 7.25. The Bertz CT molecular complexity index is 438. The normalized spacial score (nSPS) is 32.9. The first-order valence-corrected chi connectivity index (χ1v) is 8.93. The zero-order chi connectivity index (χ0) is 17.2. The van der Waals surface area contributed by atoms with E-state index < -0.39 is 5.97 Å². The van der Waals surface area contributed by atoms with Crippen molar-refractivity contribution in [1.82, 2.24) is 4.90 Å². The molecule has 0 aromatic carbocycles. The Kier molecular flexibility index (Phi) is 5.71. The molecule has 2 atom stereocenters. The summed E-state index contributed by atoms with van der Waals surface area (Å²) in [6, 6.07) is 0.243. The largest absolute Gasteiger partial charge is 0.481 e. The minimum Gasteiger partial charge on any atom is -0.481 e. The topological polar surface area (TPSA) is 66.8 Å². The Hall–Kier alpha value is -1.10. The van der Waals surface area contributed by atoms with Gasteiger partial charge in [0.25, 0.3) is 0 Å². The third kappa shape index (κ3) is 3.12. The van der Waals surface area contributed by atoms with Crippen molar-refractivity contribution in [3.8, 4) is 0 Å². The Morgan fingerprint density at radius 1 is 1.13 bits per heavy atom. The van der Waals surface area contributed by atoms with Crippen LogP contribution < -0.4 is 0 Å². The summed E-state index contributed by atoms with van der Waals surface area (Å²) < 4.78 is 5.63. The summed E-state index contributed by atoms with van der Waals surface area (Å²) in [7, 11) is 3.68. The van der Waals surface area contributed by atoms with Crippen LogP contribution in [0.1, 0.15) is 58.8 Å². The average molecular weight is 325 g/mol. The zero-order valence-electron chi connectivity index (χ0n) is 14.9. The van der Waals surface area contributed by atoms with Crippen molar-refractivity contribution in [3.05, 3.63) is 0 Å². The first kappa shape index (κ1) is 18.2. The maximum Gasteiger partial charge on any atom is 0.306 e. The van der Waals surface area contributed by atoms with Crippen molar-refractivity contribution in [1.29, 1.82) is 0 Å². The van der Waals surface area contributed by atoms with Gasteiger partial charge >= 0.3 is 5.97 Å². The summed E-state index contributed by atoms with van der Waals surface area (Å²) in [6.07, 6.45) is 5.81. The molecule has 2 rings (SSSR count). The van der Waals surface area contributed by atoms with Crippen LogP contribution in [-0.4, -0.2) is 48.2 Å². The van der Waals surface area contributed by atoms with Gasteiger partial charge < -0.3 is 14.7 Å². The van der Waals surface area contributed by atoms with Gasteiger partial charge in [-0.05, 0) is 44.9 Å². The van der Waals surface area contributed by atoms with Gasteiger partial charge in [-0.1, -0.05) is 13.8 Å². The predicted octanol–water partition coefficient (Wildman–Crippen LogP) is 2.93. The molecule has 0 aliphatic heterocycles. The number of hydrogen-bond donors (Lipinski definition) is 1. The highest BCUT2D eigenvalue weighted by atomic mass is 16.5. The molecule has 1 amide bonds. The van der Waals surface area contributed by atoms with E-state index in [0.29, 0.717) is 25.7 Å². The molecule has 0 heterocycles. The predicted molar refractivity (Wildman–Crippen MR) is 88.1 cm³/mol.